The highest BCUT2D eigenvalue weighted by molar-refractivity contribution is 5.51. The molecular weight excluding hydrogens is 242 g/mol. The first kappa shape index (κ1) is 14.2. The minimum atomic E-state index is -0.873. The van der Waals surface area contributed by atoms with Crippen LogP contribution in [0.25, 0.3) is 0 Å². The quantitative estimate of drug-likeness (QED) is 0.875. The van der Waals surface area contributed by atoms with E-state index in [0.717, 1.165) is 24.3 Å². The van der Waals surface area contributed by atoms with Crippen LogP contribution in [0.1, 0.15) is 31.9 Å². The van der Waals surface area contributed by atoms with Crippen molar-refractivity contribution in [3.63, 3.8) is 0 Å². The molecule has 1 heterocycles. The Morgan fingerprint density at radius 2 is 1.79 bits per heavy atom. The zero-order valence-corrected chi connectivity index (χ0v) is 12.3. The van der Waals surface area contributed by atoms with Crippen LogP contribution in [-0.4, -0.2) is 31.5 Å². The molecular formula is C15H23NO3. The van der Waals surface area contributed by atoms with E-state index < -0.39 is 11.1 Å². The normalized spacial score (nSPS) is 22.8. The molecule has 0 radical (unpaired) electrons. The molecule has 1 aliphatic heterocycles. The Morgan fingerprint density at radius 1 is 1.21 bits per heavy atom. The standard InChI is InChI=1S/C15H23NO3/c1-14(2,17)15(3)11-9-13(19-5)12(18-4)8-10(11)6-7-16-15/h8-9,16-17H,6-7H2,1-5H3. The number of fused-ring (bicyclic) bond motifs is 1. The van der Waals surface area contributed by atoms with Crippen LogP contribution in [-0.2, 0) is 12.0 Å². The van der Waals surface area contributed by atoms with E-state index in [1.54, 1.807) is 14.2 Å². The molecule has 1 aliphatic rings. The van der Waals surface area contributed by atoms with E-state index in [0.29, 0.717) is 5.75 Å². The summed E-state index contributed by atoms with van der Waals surface area (Å²) >= 11 is 0. The number of benzene rings is 1. The maximum atomic E-state index is 10.5. The highest BCUT2D eigenvalue weighted by Gasteiger charge is 2.44. The van der Waals surface area contributed by atoms with E-state index in [1.807, 2.05) is 32.9 Å². The molecule has 2 rings (SSSR count). The second kappa shape index (κ2) is 4.69. The number of ether oxygens (including phenoxy) is 2. The second-order valence-electron chi connectivity index (χ2n) is 5.73. The Bertz CT molecular complexity index is 479. The van der Waals surface area contributed by atoms with Gasteiger partial charge in [-0.15, -0.1) is 0 Å². The van der Waals surface area contributed by atoms with E-state index in [4.69, 9.17) is 9.47 Å². The maximum Gasteiger partial charge on any atom is 0.161 e. The third-order valence-corrected chi connectivity index (χ3v) is 4.24. The van der Waals surface area contributed by atoms with Gasteiger partial charge in [-0.05, 0) is 50.5 Å². The third kappa shape index (κ3) is 2.19. The van der Waals surface area contributed by atoms with Crippen LogP contribution in [0.2, 0.25) is 0 Å². The average Bonchev–Trinajstić information content (AvgIpc) is 2.36. The van der Waals surface area contributed by atoms with Crippen LogP contribution in [0.15, 0.2) is 12.1 Å². The van der Waals surface area contributed by atoms with Gasteiger partial charge >= 0.3 is 0 Å². The molecule has 106 valence electrons. The highest BCUT2D eigenvalue weighted by Crippen LogP contribution is 2.42. The van der Waals surface area contributed by atoms with Gasteiger partial charge in [0.15, 0.2) is 11.5 Å². The minimum Gasteiger partial charge on any atom is -0.493 e. The smallest absolute Gasteiger partial charge is 0.161 e. The predicted molar refractivity (Wildman–Crippen MR) is 74.9 cm³/mol. The number of aliphatic hydroxyl groups is 1. The first-order valence-corrected chi connectivity index (χ1v) is 6.56. The number of nitrogens with one attached hydrogen (secondary N) is 1. The summed E-state index contributed by atoms with van der Waals surface area (Å²) in [5.41, 5.74) is 0.895. The number of hydrogen-bond donors (Lipinski definition) is 2. The van der Waals surface area contributed by atoms with Gasteiger partial charge < -0.3 is 19.9 Å². The van der Waals surface area contributed by atoms with E-state index in [2.05, 4.69) is 5.32 Å². The van der Waals surface area contributed by atoms with Crippen molar-refractivity contribution in [2.45, 2.75) is 38.3 Å². The molecule has 0 spiro atoms. The molecule has 4 nitrogen and oxygen atoms in total. The Labute approximate surface area is 114 Å². The van der Waals surface area contributed by atoms with Crippen molar-refractivity contribution in [2.24, 2.45) is 0 Å². The summed E-state index contributed by atoms with van der Waals surface area (Å²) in [5.74, 6) is 1.43. The fraction of sp³-hybridized carbons (Fsp3) is 0.600. The molecule has 1 aromatic carbocycles. The summed E-state index contributed by atoms with van der Waals surface area (Å²) < 4.78 is 10.7. The lowest BCUT2D eigenvalue weighted by Gasteiger charge is -2.45. The molecule has 0 saturated heterocycles. The summed E-state index contributed by atoms with van der Waals surface area (Å²) in [7, 11) is 3.27. The molecule has 1 unspecified atom stereocenters. The SMILES string of the molecule is COc1cc2c(cc1OC)C(C)(C(C)(C)O)NCC2. The van der Waals surface area contributed by atoms with Gasteiger partial charge in [0, 0.05) is 6.54 Å². The van der Waals surface area contributed by atoms with Crippen LogP contribution in [0.4, 0.5) is 0 Å². The van der Waals surface area contributed by atoms with E-state index >= 15 is 0 Å². The molecule has 0 fully saturated rings. The van der Waals surface area contributed by atoms with Gasteiger partial charge in [-0.1, -0.05) is 0 Å². The summed E-state index contributed by atoms with van der Waals surface area (Å²) in [5, 5.41) is 13.9. The van der Waals surface area contributed by atoms with Crippen LogP contribution >= 0.6 is 0 Å². The van der Waals surface area contributed by atoms with Crippen molar-refractivity contribution in [1.29, 1.82) is 0 Å². The molecule has 0 amide bonds. The minimum absolute atomic E-state index is 0.500. The fourth-order valence-electron chi connectivity index (χ4n) is 2.68. The lowest BCUT2D eigenvalue weighted by molar-refractivity contribution is -0.0195. The van der Waals surface area contributed by atoms with Crippen molar-refractivity contribution in [3.05, 3.63) is 23.3 Å². The lowest BCUT2D eigenvalue weighted by Crippen LogP contribution is -2.58. The number of methoxy groups -OCH3 is 2. The van der Waals surface area contributed by atoms with Gasteiger partial charge in [-0.2, -0.15) is 0 Å². The van der Waals surface area contributed by atoms with Crippen LogP contribution in [0, 0.1) is 0 Å². The van der Waals surface area contributed by atoms with Gasteiger partial charge in [-0.3, -0.25) is 0 Å². The van der Waals surface area contributed by atoms with Crippen molar-refractivity contribution >= 4 is 0 Å². The van der Waals surface area contributed by atoms with Gasteiger partial charge in [0.25, 0.3) is 0 Å². The predicted octanol–water partition coefficient (Wildman–Crippen LogP) is 1.84. The molecule has 1 aromatic rings. The molecule has 4 heteroatoms. The van der Waals surface area contributed by atoms with Gasteiger partial charge in [0.2, 0.25) is 0 Å². The van der Waals surface area contributed by atoms with E-state index in [1.165, 1.54) is 5.56 Å². The van der Waals surface area contributed by atoms with Crippen LogP contribution in [0.3, 0.4) is 0 Å². The summed E-state index contributed by atoms with van der Waals surface area (Å²) in [6.45, 7) is 6.51. The largest absolute Gasteiger partial charge is 0.493 e. The topological polar surface area (TPSA) is 50.7 Å². The third-order valence-electron chi connectivity index (χ3n) is 4.24. The van der Waals surface area contributed by atoms with Gasteiger partial charge in [0.1, 0.15) is 0 Å². The van der Waals surface area contributed by atoms with E-state index in [-0.39, 0.29) is 0 Å². The summed E-state index contributed by atoms with van der Waals surface area (Å²) in [6.07, 6.45) is 0.918. The summed E-state index contributed by atoms with van der Waals surface area (Å²) in [6, 6.07) is 3.98. The highest BCUT2D eigenvalue weighted by atomic mass is 16.5. The van der Waals surface area contributed by atoms with Gasteiger partial charge in [0.05, 0.1) is 25.4 Å². The zero-order chi connectivity index (χ0) is 14.3. The molecule has 2 N–H and O–H groups in total. The first-order chi connectivity index (χ1) is 8.83. The number of rotatable bonds is 3. The Kier molecular flexibility index (Phi) is 3.49. The van der Waals surface area contributed by atoms with Crippen molar-refractivity contribution in [1.82, 2.24) is 5.32 Å². The Balaban J connectivity index is 2.62. The molecule has 0 bridgehead atoms. The molecule has 0 aliphatic carbocycles. The lowest BCUT2D eigenvalue weighted by atomic mass is 9.73. The Morgan fingerprint density at radius 3 is 2.32 bits per heavy atom. The van der Waals surface area contributed by atoms with Crippen LogP contribution < -0.4 is 14.8 Å². The molecule has 1 atom stereocenters. The fourth-order valence-corrected chi connectivity index (χ4v) is 2.68. The maximum absolute atomic E-state index is 10.5. The van der Waals surface area contributed by atoms with E-state index in [9.17, 15) is 5.11 Å². The molecule has 0 saturated carbocycles. The molecule has 0 aromatic heterocycles. The second-order valence-corrected chi connectivity index (χ2v) is 5.73. The van der Waals surface area contributed by atoms with Crippen molar-refractivity contribution in [3.8, 4) is 11.5 Å². The van der Waals surface area contributed by atoms with Crippen molar-refractivity contribution < 1.29 is 14.6 Å². The average molecular weight is 265 g/mol. The molecule has 19 heavy (non-hydrogen) atoms. The first-order valence-electron chi connectivity index (χ1n) is 6.56. The summed E-state index contributed by atoms with van der Waals surface area (Å²) in [4.78, 5) is 0. The number of hydrogen-bond acceptors (Lipinski definition) is 4. The van der Waals surface area contributed by atoms with Gasteiger partial charge in [-0.25, -0.2) is 0 Å². The zero-order valence-electron chi connectivity index (χ0n) is 12.3. The van der Waals surface area contributed by atoms with Crippen molar-refractivity contribution in [2.75, 3.05) is 20.8 Å². The monoisotopic (exact) mass is 265 g/mol. The van der Waals surface area contributed by atoms with Crippen LogP contribution in [0.5, 0.6) is 11.5 Å². The Hall–Kier alpha value is -1.26.